The molecule has 0 bridgehead atoms. The highest BCUT2D eigenvalue weighted by atomic mass is 35.5. The summed E-state index contributed by atoms with van der Waals surface area (Å²) < 4.78 is 14.4. The first-order valence-corrected chi connectivity index (χ1v) is 6.10. The van der Waals surface area contributed by atoms with Crippen molar-refractivity contribution in [3.63, 3.8) is 0 Å². The van der Waals surface area contributed by atoms with Gasteiger partial charge in [0.05, 0.1) is 11.4 Å². The van der Waals surface area contributed by atoms with E-state index in [9.17, 15) is 9.18 Å². The second-order valence-electron chi connectivity index (χ2n) is 4.11. The molecule has 0 saturated heterocycles. The number of aryl methyl sites for hydroxylation is 2. The van der Waals surface area contributed by atoms with Gasteiger partial charge in [-0.2, -0.15) is 5.10 Å². The summed E-state index contributed by atoms with van der Waals surface area (Å²) in [5, 5.41) is 13.4. The third-order valence-corrected chi connectivity index (χ3v) is 3.19. The van der Waals surface area contributed by atoms with Crippen molar-refractivity contribution in [1.29, 1.82) is 0 Å². The SMILES string of the molecule is CCc1nn(-c2ccc(F)cc2C)c(Cl)c1C(=O)O. The Kier molecular flexibility index (Phi) is 3.57. The third kappa shape index (κ3) is 2.33. The monoisotopic (exact) mass is 282 g/mol. The number of hydrogen-bond acceptors (Lipinski definition) is 2. The maximum Gasteiger partial charge on any atom is 0.340 e. The van der Waals surface area contributed by atoms with E-state index < -0.39 is 5.97 Å². The lowest BCUT2D eigenvalue weighted by molar-refractivity contribution is 0.0696. The highest BCUT2D eigenvalue weighted by Gasteiger charge is 2.22. The van der Waals surface area contributed by atoms with E-state index in [1.54, 1.807) is 13.8 Å². The van der Waals surface area contributed by atoms with Gasteiger partial charge in [-0.1, -0.05) is 18.5 Å². The number of carboxylic acids is 1. The Morgan fingerprint density at radius 1 is 1.53 bits per heavy atom. The zero-order valence-electron chi connectivity index (χ0n) is 10.4. The summed E-state index contributed by atoms with van der Waals surface area (Å²) in [6, 6.07) is 4.15. The molecule has 6 heteroatoms. The van der Waals surface area contributed by atoms with Crippen LogP contribution < -0.4 is 0 Å². The molecular weight excluding hydrogens is 271 g/mol. The second-order valence-corrected chi connectivity index (χ2v) is 4.47. The Bertz CT molecular complexity index is 652. The molecule has 1 heterocycles. The highest BCUT2D eigenvalue weighted by molar-refractivity contribution is 6.33. The van der Waals surface area contributed by atoms with Crippen LogP contribution in [0.25, 0.3) is 5.69 Å². The molecule has 1 aromatic carbocycles. The standard InChI is InChI=1S/C13H12ClFN2O2/c1-3-9-11(13(18)19)12(14)17(16-9)10-5-4-8(15)6-7(10)2/h4-6H,3H2,1-2H3,(H,18,19). The molecule has 0 fully saturated rings. The van der Waals surface area contributed by atoms with Crippen LogP contribution in [0.15, 0.2) is 18.2 Å². The van der Waals surface area contributed by atoms with Crippen LogP contribution in [0.5, 0.6) is 0 Å². The molecule has 0 spiro atoms. The third-order valence-electron chi connectivity index (χ3n) is 2.84. The van der Waals surface area contributed by atoms with Crippen molar-refractivity contribution in [2.45, 2.75) is 20.3 Å². The van der Waals surface area contributed by atoms with E-state index in [1.807, 2.05) is 0 Å². The quantitative estimate of drug-likeness (QED) is 0.940. The molecule has 0 aliphatic heterocycles. The average molecular weight is 283 g/mol. The van der Waals surface area contributed by atoms with E-state index in [4.69, 9.17) is 16.7 Å². The summed E-state index contributed by atoms with van der Waals surface area (Å²) in [6.07, 6.45) is 0.453. The summed E-state index contributed by atoms with van der Waals surface area (Å²) in [7, 11) is 0. The fraction of sp³-hybridized carbons (Fsp3) is 0.231. The van der Waals surface area contributed by atoms with Crippen molar-refractivity contribution < 1.29 is 14.3 Å². The van der Waals surface area contributed by atoms with Crippen molar-refractivity contribution >= 4 is 17.6 Å². The van der Waals surface area contributed by atoms with Gasteiger partial charge in [0.1, 0.15) is 16.5 Å². The van der Waals surface area contributed by atoms with Gasteiger partial charge in [-0.05, 0) is 37.1 Å². The fourth-order valence-corrected chi connectivity index (χ4v) is 2.23. The lowest BCUT2D eigenvalue weighted by Gasteiger charge is -2.07. The Balaban J connectivity index is 2.66. The minimum Gasteiger partial charge on any atom is -0.478 e. The predicted octanol–water partition coefficient (Wildman–Crippen LogP) is 3.23. The Labute approximate surface area is 114 Å². The van der Waals surface area contributed by atoms with Gasteiger partial charge < -0.3 is 5.11 Å². The van der Waals surface area contributed by atoms with Gasteiger partial charge in [0.15, 0.2) is 0 Å². The van der Waals surface area contributed by atoms with Crippen molar-refractivity contribution in [3.8, 4) is 5.69 Å². The Morgan fingerprint density at radius 2 is 2.21 bits per heavy atom. The van der Waals surface area contributed by atoms with Crippen LogP contribution >= 0.6 is 11.6 Å². The van der Waals surface area contributed by atoms with Crippen LogP contribution in [0.1, 0.15) is 28.5 Å². The van der Waals surface area contributed by atoms with Gasteiger partial charge in [-0.15, -0.1) is 0 Å². The molecule has 0 saturated carbocycles. The van der Waals surface area contributed by atoms with Crippen LogP contribution in [0.3, 0.4) is 0 Å². The minimum absolute atomic E-state index is 0.00658. The van der Waals surface area contributed by atoms with E-state index in [1.165, 1.54) is 22.9 Å². The molecule has 0 atom stereocenters. The molecule has 1 N–H and O–H groups in total. The van der Waals surface area contributed by atoms with Crippen molar-refractivity contribution in [2.24, 2.45) is 0 Å². The Hall–Kier alpha value is -1.88. The largest absolute Gasteiger partial charge is 0.478 e. The van der Waals surface area contributed by atoms with E-state index in [-0.39, 0.29) is 16.5 Å². The van der Waals surface area contributed by atoms with Crippen LogP contribution in [0.4, 0.5) is 4.39 Å². The van der Waals surface area contributed by atoms with Gasteiger partial charge in [0.2, 0.25) is 0 Å². The molecule has 0 unspecified atom stereocenters. The summed E-state index contributed by atoms with van der Waals surface area (Å²) in [6.45, 7) is 3.51. The van der Waals surface area contributed by atoms with Crippen molar-refractivity contribution in [2.75, 3.05) is 0 Å². The first kappa shape index (κ1) is 13.5. The number of aromatic carboxylic acids is 1. The maximum absolute atomic E-state index is 13.1. The van der Waals surface area contributed by atoms with Gasteiger partial charge >= 0.3 is 5.97 Å². The molecule has 4 nitrogen and oxygen atoms in total. The molecule has 0 amide bonds. The highest BCUT2D eigenvalue weighted by Crippen LogP contribution is 2.26. The Morgan fingerprint density at radius 3 is 2.68 bits per heavy atom. The number of halogens is 2. The van der Waals surface area contributed by atoms with Gasteiger partial charge in [0.25, 0.3) is 0 Å². The van der Waals surface area contributed by atoms with Crippen LogP contribution in [0, 0.1) is 12.7 Å². The number of aromatic nitrogens is 2. The topological polar surface area (TPSA) is 55.1 Å². The summed E-state index contributed by atoms with van der Waals surface area (Å²) in [4.78, 5) is 11.2. The molecule has 2 aromatic rings. The van der Waals surface area contributed by atoms with Crippen LogP contribution in [-0.2, 0) is 6.42 Å². The fourth-order valence-electron chi connectivity index (χ4n) is 1.91. The first-order chi connectivity index (χ1) is 8.95. The molecule has 2 rings (SSSR count). The van der Waals surface area contributed by atoms with E-state index >= 15 is 0 Å². The molecule has 0 aliphatic rings. The minimum atomic E-state index is -1.12. The molecule has 0 aliphatic carbocycles. The number of carboxylic acid groups (broad SMARTS) is 1. The van der Waals surface area contributed by atoms with Crippen LogP contribution in [-0.4, -0.2) is 20.9 Å². The second kappa shape index (κ2) is 5.01. The molecule has 1 aromatic heterocycles. The van der Waals surface area contributed by atoms with E-state index in [0.29, 0.717) is 23.4 Å². The zero-order chi connectivity index (χ0) is 14.2. The van der Waals surface area contributed by atoms with Gasteiger partial charge in [-0.3, -0.25) is 0 Å². The van der Waals surface area contributed by atoms with Gasteiger partial charge in [0, 0.05) is 0 Å². The number of nitrogens with zero attached hydrogens (tertiary/aromatic N) is 2. The summed E-state index contributed by atoms with van der Waals surface area (Å²) >= 11 is 6.08. The van der Waals surface area contributed by atoms with Gasteiger partial charge in [-0.25, -0.2) is 13.9 Å². The average Bonchev–Trinajstić information content (AvgIpc) is 2.66. The molecular formula is C13H12ClFN2O2. The number of hydrogen-bond donors (Lipinski definition) is 1. The number of rotatable bonds is 3. The zero-order valence-corrected chi connectivity index (χ0v) is 11.2. The molecule has 19 heavy (non-hydrogen) atoms. The van der Waals surface area contributed by atoms with Crippen molar-refractivity contribution in [3.05, 3.63) is 46.0 Å². The van der Waals surface area contributed by atoms with Crippen molar-refractivity contribution in [1.82, 2.24) is 9.78 Å². The molecule has 100 valence electrons. The lowest BCUT2D eigenvalue weighted by atomic mass is 10.2. The lowest BCUT2D eigenvalue weighted by Crippen LogP contribution is -2.01. The summed E-state index contributed by atoms with van der Waals surface area (Å²) in [5.74, 6) is -1.48. The predicted molar refractivity (Wildman–Crippen MR) is 69.6 cm³/mol. The number of benzene rings is 1. The normalized spacial score (nSPS) is 10.7. The van der Waals surface area contributed by atoms with E-state index in [2.05, 4.69) is 5.10 Å². The first-order valence-electron chi connectivity index (χ1n) is 5.73. The summed E-state index contributed by atoms with van der Waals surface area (Å²) in [5.41, 5.74) is 1.59. The number of carbonyl (C=O) groups is 1. The molecule has 0 radical (unpaired) electrons. The maximum atomic E-state index is 13.1. The van der Waals surface area contributed by atoms with E-state index in [0.717, 1.165) is 0 Å². The smallest absolute Gasteiger partial charge is 0.340 e. The van der Waals surface area contributed by atoms with Crippen LogP contribution in [0.2, 0.25) is 5.15 Å².